The van der Waals surface area contributed by atoms with Crippen LogP contribution in [0.5, 0.6) is 0 Å². The van der Waals surface area contributed by atoms with Crippen LogP contribution in [0.25, 0.3) is 0 Å². The number of aromatic nitrogens is 2. The van der Waals surface area contributed by atoms with E-state index in [1.807, 2.05) is 0 Å². The lowest BCUT2D eigenvalue weighted by molar-refractivity contribution is -0.145. The topological polar surface area (TPSA) is 90.4 Å². The number of rotatable bonds is 3. The van der Waals surface area contributed by atoms with Crippen molar-refractivity contribution in [2.75, 3.05) is 6.61 Å². The average Bonchev–Trinajstić information content (AvgIpc) is 2.75. The monoisotopic (exact) mass is 254 g/mol. The summed E-state index contributed by atoms with van der Waals surface area (Å²) in [4.78, 5) is 35.3. The average molecular weight is 254 g/mol. The standard InChI is InChI=1S/C11H14N2O5/c1-7(14)17-6-8-2-3-10(18-8)13-5-4-9(15)12-11(13)16/h4-5,8,10H,2-3,6H2,1H3,(H,12,15,16)/t8-,10+/m1/s1. The summed E-state index contributed by atoms with van der Waals surface area (Å²) in [6.07, 6.45) is 2.11. The van der Waals surface area contributed by atoms with E-state index in [0.29, 0.717) is 12.8 Å². The van der Waals surface area contributed by atoms with Gasteiger partial charge in [0.25, 0.3) is 5.56 Å². The minimum atomic E-state index is -0.499. The van der Waals surface area contributed by atoms with Crippen LogP contribution in [-0.4, -0.2) is 28.2 Å². The molecule has 2 heterocycles. The van der Waals surface area contributed by atoms with E-state index in [1.54, 1.807) is 0 Å². The maximum absolute atomic E-state index is 11.5. The van der Waals surface area contributed by atoms with Crippen LogP contribution in [0.2, 0.25) is 0 Å². The highest BCUT2D eigenvalue weighted by Gasteiger charge is 2.27. The minimum Gasteiger partial charge on any atom is -0.463 e. The Balaban J connectivity index is 2.02. The van der Waals surface area contributed by atoms with Crippen LogP contribution in [0, 0.1) is 0 Å². The molecule has 7 nitrogen and oxygen atoms in total. The van der Waals surface area contributed by atoms with Gasteiger partial charge in [-0.25, -0.2) is 4.79 Å². The van der Waals surface area contributed by atoms with Gasteiger partial charge in [-0.3, -0.25) is 19.1 Å². The molecule has 1 saturated heterocycles. The van der Waals surface area contributed by atoms with E-state index in [-0.39, 0.29) is 18.7 Å². The van der Waals surface area contributed by atoms with Crippen LogP contribution in [0.4, 0.5) is 0 Å². The van der Waals surface area contributed by atoms with Crippen molar-refractivity contribution in [2.24, 2.45) is 0 Å². The smallest absolute Gasteiger partial charge is 0.330 e. The number of carbonyl (C=O) groups is 1. The molecule has 2 rings (SSSR count). The maximum Gasteiger partial charge on any atom is 0.330 e. The van der Waals surface area contributed by atoms with Crippen LogP contribution in [0.1, 0.15) is 26.0 Å². The predicted molar refractivity (Wildman–Crippen MR) is 61.1 cm³/mol. The molecule has 0 aliphatic carbocycles. The molecule has 1 N–H and O–H groups in total. The van der Waals surface area contributed by atoms with E-state index < -0.39 is 17.5 Å². The minimum absolute atomic E-state index is 0.184. The van der Waals surface area contributed by atoms with Gasteiger partial charge in [-0.2, -0.15) is 0 Å². The van der Waals surface area contributed by atoms with Gasteiger partial charge < -0.3 is 9.47 Å². The van der Waals surface area contributed by atoms with Crippen LogP contribution in [0.3, 0.4) is 0 Å². The summed E-state index contributed by atoms with van der Waals surface area (Å²) in [5.41, 5.74) is -0.939. The summed E-state index contributed by atoms with van der Waals surface area (Å²) in [6, 6.07) is 1.27. The fourth-order valence-corrected chi connectivity index (χ4v) is 1.88. The molecule has 0 amide bonds. The number of carbonyl (C=O) groups excluding carboxylic acids is 1. The predicted octanol–water partition coefficient (Wildman–Crippen LogP) is -0.223. The second kappa shape index (κ2) is 5.18. The van der Waals surface area contributed by atoms with E-state index in [4.69, 9.17) is 9.47 Å². The SMILES string of the molecule is CC(=O)OC[C@H]1CC[C@@H](n2ccc(=O)[nH]c2=O)O1. The second-order valence-electron chi connectivity index (χ2n) is 4.11. The summed E-state index contributed by atoms with van der Waals surface area (Å²) in [6.45, 7) is 1.52. The molecule has 0 bridgehead atoms. The summed E-state index contributed by atoms with van der Waals surface area (Å²) >= 11 is 0. The van der Waals surface area contributed by atoms with Crippen LogP contribution in [0.15, 0.2) is 21.9 Å². The molecular formula is C11H14N2O5. The van der Waals surface area contributed by atoms with E-state index in [2.05, 4.69) is 4.98 Å². The Bertz CT molecular complexity index is 547. The van der Waals surface area contributed by atoms with Crippen molar-refractivity contribution in [1.29, 1.82) is 0 Å². The van der Waals surface area contributed by atoms with Gasteiger partial charge in [-0.05, 0) is 12.8 Å². The molecule has 0 radical (unpaired) electrons. The molecule has 0 unspecified atom stereocenters. The molecular weight excluding hydrogens is 240 g/mol. The van der Waals surface area contributed by atoms with Gasteiger partial charge >= 0.3 is 11.7 Å². The first-order valence-electron chi connectivity index (χ1n) is 5.66. The zero-order chi connectivity index (χ0) is 13.1. The highest BCUT2D eigenvalue weighted by atomic mass is 16.6. The van der Waals surface area contributed by atoms with Gasteiger partial charge in [0.1, 0.15) is 12.8 Å². The number of nitrogens with one attached hydrogen (secondary N) is 1. The number of nitrogens with zero attached hydrogens (tertiary/aromatic N) is 1. The van der Waals surface area contributed by atoms with E-state index in [9.17, 15) is 14.4 Å². The van der Waals surface area contributed by atoms with Gasteiger partial charge in [0.15, 0.2) is 0 Å². The van der Waals surface area contributed by atoms with Crippen molar-refractivity contribution in [3.8, 4) is 0 Å². The fraction of sp³-hybridized carbons (Fsp3) is 0.545. The molecule has 1 aliphatic heterocycles. The maximum atomic E-state index is 11.5. The number of aromatic amines is 1. The molecule has 0 saturated carbocycles. The van der Waals surface area contributed by atoms with E-state index >= 15 is 0 Å². The van der Waals surface area contributed by atoms with Crippen LogP contribution in [-0.2, 0) is 14.3 Å². The van der Waals surface area contributed by atoms with Gasteiger partial charge in [0.2, 0.25) is 0 Å². The van der Waals surface area contributed by atoms with Crippen molar-refractivity contribution in [2.45, 2.75) is 32.1 Å². The van der Waals surface area contributed by atoms with Gasteiger partial charge in [-0.1, -0.05) is 0 Å². The summed E-state index contributed by atoms with van der Waals surface area (Å²) in [7, 11) is 0. The lowest BCUT2D eigenvalue weighted by Crippen LogP contribution is -2.31. The van der Waals surface area contributed by atoms with Gasteiger partial charge in [-0.15, -0.1) is 0 Å². The normalized spacial score (nSPS) is 22.9. The lowest BCUT2D eigenvalue weighted by atomic mass is 10.2. The first-order valence-corrected chi connectivity index (χ1v) is 5.66. The molecule has 7 heteroatoms. The Morgan fingerprint density at radius 1 is 1.56 bits per heavy atom. The van der Waals surface area contributed by atoms with Crippen LogP contribution >= 0.6 is 0 Å². The summed E-state index contributed by atoms with van der Waals surface area (Å²) < 4.78 is 11.8. The van der Waals surface area contributed by atoms with Crippen molar-refractivity contribution in [1.82, 2.24) is 9.55 Å². The first-order chi connectivity index (χ1) is 8.56. The molecule has 18 heavy (non-hydrogen) atoms. The quantitative estimate of drug-likeness (QED) is 0.753. The first kappa shape index (κ1) is 12.6. The zero-order valence-corrected chi connectivity index (χ0v) is 9.92. The lowest BCUT2D eigenvalue weighted by Gasteiger charge is -2.15. The Hall–Kier alpha value is -1.89. The number of ether oxygens (including phenoxy) is 2. The number of H-pyrrole nitrogens is 1. The molecule has 0 spiro atoms. The second-order valence-corrected chi connectivity index (χ2v) is 4.11. The van der Waals surface area contributed by atoms with Gasteiger partial charge in [0, 0.05) is 19.2 Å². The Morgan fingerprint density at radius 2 is 2.33 bits per heavy atom. The molecule has 1 fully saturated rings. The Kier molecular flexibility index (Phi) is 3.61. The third-order valence-corrected chi connectivity index (χ3v) is 2.72. The highest BCUT2D eigenvalue weighted by Crippen LogP contribution is 2.26. The van der Waals surface area contributed by atoms with E-state index in [1.165, 1.54) is 23.8 Å². The summed E-state index contributed by atoms with van der Waals surface area (Å²) in [5, 5.41) is 0. The van der Waals surface area contributed by atoms with Crippen molar-refractivity contribution in [3.63, 3.8) is 0 Å². The number of hydrogen-bond acceptors (Lipinski definition) is 5. The third kappa shape index (κ3) is 2.86. The Labute approximate surface area is 102 Å². The molecule has 1 aromatic rings. The summed E-state index contributed by atoms with van der Waals surface area (Å²) in [5.74, 6) is -0.358. The van der Waals surface area contributed by atoms with E-state index in [0.717, 1.165) is 0 Å². The number of esters is 1. The van der Waals surface area contributed by atoms with Gasteiger partial charge in [0.05, 0.1) is 6.10 Å². The highest BCUT2D eigenvalue weighted by molar-refractivity contribution is 5.65. The molecule has 2 atom stereocenters. The van der Waals surface area contributed by atoms with Crippen molar-refractivity contribution >= 4 is 5.97 Å². The zero-order valence-electron chi connectivity index (χ0n) is 9.92. The van der Waals surface area contributed by atoms with Crippen molar-refractivity contribution in [3.05, 3.63) is 33.1 Å². The molecule has 0 aromatic carbocycles. The number of hydrogen-bond donors (Lipinski definition) is 1. The fourth-order valence-electron chi connectivity index (χ4n) is 1.88. The third-order valence-electron chi connectivity index (χ3n) is 2.72. The van der Waals surface area contributed by atoms with Crippen LogP contribution < -0.4 is 11.2 Å². The van der Waals surface area contributed by atoms with Crippen molar-refractivity contribution < 1.29 is 14.3 Å². The Morgan fingerprint density at radius 3 is 3.00 bits per heavy atom. The largest absolute Gasteiger partial charge is 0.463 e. The molecule has 98 valence electrons. The molecule has 1 aromatic heterocycles. The molecule has 1 aliphatic rings.